The zero-order chi connectivity index (χ0) is 27.9. The molecule has 0 saturated carbocycles. The van der Waals surface area contributed by atoms with Crippen LogP contribution in [0.5, 0.6) is 0 Å². The summed E-state index contributed by atoms with van der Waals surface area (Å²) in [5.74, 6) is 0. The van der Waals surface area contributed by atoms with Crippen LogP contribution < -0.4 is 4.57 Å². The van der Waals surface area contributed by atoms with E-state index in [1.807, 2.05) is 0 Å². The summed E-state index contributed by atoms with van der Waals surface area (Å²) in [4.78, 5) is 0. The molecule has 1 aromatic heterocycles. The molecule has 0 spiro atoms. The molecule has 1 aromatic rings. The van der Waals surface area contributed by atoms with Gasteiger partial charge in [0.25, 0.3) is 0 Å². The molecule has 1 heteroatoms. The lowest BCUT2D eigenvalue weighted by molar-refractivity contribution is -0.697. The molecule has 0 aliphatic rings. The number of aryl methyl sites for hydroxylation is 2. The van der Waals surface area contributed by atoms with Crippen LogP contribution in [0.4, 0.5) is 0 Å². The van der Waals surface area contributed by atoms with Crippen molar-refractivity contribution in [3.8, 4) is 0 Å². The summed E-state index contributed by atoms with van der Waals surface area (Å²) in [5.41, 5.74) is 1.54. The first-order valence-electron chi connectivity index (χ1n) is 18.3. The Kier molecular flexibility index (Phi) is 27.9. The average molecular weight is 543 g/mol. The van der Waals surface area contributed by atoms with Gasteiger partial charge in [-0.2, -0.15) is 0 Å². The second kappa shape index (κ2) is 30.1. The average Bonchev–Trinajstić information content (AvgIpc) is 2.95. The number of unbranched alkanes of at least 4 members (excludes halogenated alkanes) is 27. The SMILES string of the molecule is CCCCCCCCCCCCCCCCCc1ccc[n+](CCCCCCCCCCCCCCCC)c1. The highest BCUT2D eigenvalue weighted by Gasteiger charge is 2.03. The molecule has 1 heterocycles. The minimum atomic E-state index is 1.20. The summed E-state index contributed by atoms with van der Waals surface area (Å²) in [6.45, 7) is 5.81. The van der Waals surface area contributed by atoms with Gasteiger partial charge < -0.3 is 0 Å². The first kappa shape index (κ1) is 36.2. The third kappa shape index (κ3) is 25.8. The zero-order valence-electron chi connectivity index (χ0n) is 27.2. The molecule has 0 radical (unpaired) electrons. The van der Waals surface area contributed by atoms with Crippen LogP contribution in [-0.2, 0) is 13.0 Å². The Bertz CT molecular complexity index is 594. The van der Waals surface area contributed by atoms with E-state index in [1.165, 1.54) is 205 Å². The third-order valence-corrected chi connectivity index (χ3v) is 8.76. The van der Waals surface area contributed by atoms with E-state index in [9.17, 15) is 0 Å². The van der Waals surface area contributed by atoms with Gasteiger partial charge in [-0.1, -0.05) is 181 Å². The van der Waals surface area contributed by atoms with Crippen LogP contribution in [0.25, 0.3) is 0 Å². The molecule has 0 bridgehead atoms. The number of nitrogens with zero attached hydrogens (tertiary/aromatic N) is 1. The zero-order valence-corrected chi connectivity index (χ0v) is 27.2. The summed E-state index contributed by atoms with van der Waals surface area (Å²) in [6.07, 6.45) is 47.8. The first-order valence-corrected chi connectivity index (χ1v) is 18.3. The summed E-state index contributed by atoms with van der Waals surface area (Å²) in [7, 11) is 0. The smallest absolute Gasteiger partial charge is 0.171 e. The Labute approximate surface area is 247 Å². The van der Waals surface area contributed by atoms with Gasteiger partial charge in [-0.3, -0.25) is 0 Å². The van der Waals surface area contributed by atoms with Crippen molar-refractivity contribution >= 4 is 0 Å². The van der Waals surface area contributed by atoms with Gasteiger partial charge in [0.05, 0.1) is 0 Å². The number of hydrogen-bond donors (Lipinski definition) is 0. The first-order chi connectivity index (χ1) is 19.4. The summed E-state index contributed by atoms with van der Waals surface area (Å²) in [6, 6.07) is 4.61. The van der Waals surface area contributed by atoms with Crippen molar-refractivity contribution in [2.45, 2.75) is 213 Å². The summed E-state index contributed by atoms with van der Waals surface area (Å²) in [5, 5.41) is 0. The van der Waals surface area contributed by atoms with Crippen molar-refractivity contribution < 1.29 is 4.57 Å². The van der Waals surface area contributed by atoms with Crippen LogP contribution in [0.2, 0.25) is 0 Å². The molecule has 0 N–H and O–H groups in total. The molecule has 228 valence electrons. The molecule has 0 aromatic carbocycles. The van der Waals surface area contributed by atoms with E-state index in [2.05, 4.69) is 42.9 Å². The maximum atomic E-state index is 2.45. The van der Waals surface area contributed by atoms with Gasteiger partial charge in [0, 0.05) is 18.1 Å². The van der Waals surface area contributed by atoms with Crippen LogP contribution in [0.1, 0.15) is 206 Å². The molecule has 0 unspecified atom stereocenters. The molecule has 0 atom stereocenters. The highest BCUT2D eigenvalue weighted by atomic mass is 14.9. The highest BCUT2D eigenvalue weighted by Crippen LogP contribution is 2.15. The van der Waals surface area contributed by atoms with Crippen LogP contribution in [0.15, 0.2) is 24.5 Å². The van der Waals surface area contributed by atoms with Gasteiger partial charge in [-0.15, -0.1) is 0 Å². The van der Waals surface area contributed by atoms with E-state index in [1.54, 1.807) is 0 Å². The minimum absolute atomic E-state index is 1.20. The third-order valence-electron chi connectivity index (χ3n) is 8.76. The van der Waals surface area contributed by atoms with E-state index in [0.717, 1.165) is 0 Å². The molecular weight excluding hydrogens is 470 g/mol. The Morgan fingerprint density at radius 1 is 0.410 bits per heavy atom. The van der Waals surface area contributed by atoms with E-state index >= 15 is 0 Å². The lowest BCUT2D eigenvalue weighted by Crippen LogP contribution is -2.33. The lowest BCUT2D eigenvalue weighted by Gasteiger charge is -2.04. The Morgan fingerprint density at radius 3 is 1.13 bits per heavy atom. The van der Waals surface area contributed by atoms with E-state index in [4.69, 9.17) is 0 Å². The van der Waals surface area contributed by atoms with Gasteiger partial charge in [0.1, 0.15) is 6.54 Å². The minimum Gasteiger partial charge on any atom is -0.205 e. The van der Waals surface area contributed by atoms with Crippen molar-refractivity contribution in [2.24, 2.45) is 0 Å². The maximum absolute atomic E-state index is 2.45. The molecule has 0 aliphatic heterocycles. The van der Waals surface area contributed by atoms with Crippen LogP contribution in [0, 0.1) is 0 Å². The molecule has 0 fully saturated rings. The van der Waals surface area contributed by atoms with Gasteiger partial charge in [-0.05, 0) is 25.3 Å². The van der Waals surface area contributed by atoms with Gasteiger partial charge in [0.15, 0.2) is 12.4 Å². The second-order valence-corrected chi connectivity index (χ2v) is 12.7. The van der Waals surface area contributed by atoms with Crippen LogP contribution in [-0.4, -0.2) is 0 Å². The van der Waals surface area contributed by atoms with Gasteiger partial charge >= 0.3 is 0 Å². The fourth-order valence-electron chi connectivity index (χ4n) is 6.05. The number of hydrogen-bond acceptors (Lipinski definition) is 0. The highest BCUT2D eigenvalue weighted by molar-refractivity contribution is 5.05. The quantitative estimate of drug-likeness (QED) is 0.0648. The van der Waals surface area contributed by atoms with Crippen molar-refractivity contribution in [3.63, 3.8) is 0 Å². The van der Waals surface area contributed by atoms with Crippen LogP contribution in [0.3, 0.4) is 0 Å². The van der Waals surface area contributed by atoms with Crippen molar-refractivity contribution in [1.29, 1.82) is 0 Å². The molecule has 0 saturated heterocycles. The van der Waals surface area contributed by atoms with Crippen LogP contribution >= 0.6 is 0 Å². The normalized spacial score (nSPS) is 11.4. The topological polar surface area (TPSA) is 3.88 Å². The lowest BCUT2D eigenvalue weighted by atomic mass is 10.0. The van der Waals surface area contributed by atoms with E-state index in [0.29, 0.717) is 0 Å². The predicted molar refractivity (Wildman–Crippen MR) is 176 cm³/mol. The molecule has 39 heavy (non-hydrogen) atoms. The predicted octanol–water partition coefficient (Wildman–Crippen LogP) is 12.9. The number of aromatic nitrogens is 1. The van der Waals surface area contributed by atoms with Crippen molar-refractivity contribution in [3.05, 3.63) is 30.1 Å². The fourth-order valence-corrected chi connectivity index (χ4v) is 6.05. The van der Waals surface area contributed by atoms with E-state index < -0.39 is 0 Å². The fraction of sp³-hybridized carbons (Fsp3) is 0.868. The molecule has 0 aliphatic carbocycles. The standard InChI is InChI=1S/C38H72N/c1-3-5-7-9-11-13-15-17-19-20-22-24-26-28-30-33-38-34-32-36-39(37-38)35-31-29-27-25-23-21-18-16-14-12-10-8-6-4-2/h32,34,36-37H,3-31,33,35H2,1-2H3/q+1. The van der Waals surface area contributed by atoms with Gasteiger partial charge in [-0.25, -0.2) is 4.57 Å². The Morgan fingerprint density at radius 2 is 0.744 bits per heavy atom. The largest absolute Gasteiger partial charge is 0.205 e. The number of pyridine rings is 1. The molecule has 1 nitrogen and oxygen atoms in total. The van der Waals surface area contributed by atoms with Gasteiger partial charge in [0.2, 0.25) is 0 Å². The van der Waals surface area contributed by atoms with Crippen molar-refractivity contribution in [2.75, 3.05) is 0 Å². The Balaban J connectivity index is 1.87. The molecule has 0 amide bonds. The monoisotopic (exact) mass is 543 g/mol. The second-order valence-electron chi connectivity index (χ2n) is 12.7. The molecule has 1 rings (SSSR count). The summed E-state index contributed by atoms with van der Waals surface area (Å²) < 4.78 is 2.45. The van der Waals surface area contributed by atoms with E-state index in [-0.39, 0.29) is 0 Å². The summed E-state index contributed by atoms with van der Waals surface area (Å²) >= 11 is 0. The Hall–Kier alpha value is -0.850. The number of rotatable bonds is 31. The maximum Gasteiger partial charge on any atom is 0.171 e. The van der Waals surface area contributed by atoms with Crippen molar-refractivity contribution in [1.82, 2.24) is 0 Å². The molecular formula is C38H72N+.